The minimum absolute atomic E-state index is 0.325. The Hall–Kier alpha value is -0.440. The van der Waals surface area contributed by atoms with E-state index in [0.717, 1.165) is 43.3 Å². The Labute approximate surface area is 226 Å². The first kappa shape index (κ1) is 33.6. The average molecular weight is 542 g/mol. The molecule has 210 valence electrons. The van der Waals surface area contributed by atoms with Crippen molar-refractivity contribution in [3.63, 3.8) is 0 Å². The van der Waals surface area contributed by atoms with E-state index in [4.69, 9.17) is 3.97 Å². The van der Waals surface area contributed by atoms with E-state index < -0.39 is 17.6 Å². The number of benzene rings is 1. The van der Waals surface area contributed by atoms with Crippen molar-refractivity contribution in [3.05, 3.63) is 29.8 Å². The summed E-state index contributed by atoms with van der Waals surface area (Å²) in [5, 5.41) is 0. The first-order valence-corrected chi connectivity index (χ1v) is 18.9. The lowest BCUT2D eigenvalue weighted by Crippen LogP contribution is -2.17. The molecule has 0 spiro atoms. The van der Waals surface area contributed by atoms with Crippen molar-refractivity contribution < 1.29 is 12.4 Å². The standard InChI is InChI=1S/C31H58O3PS/c1-5-8-11-14-17-20-27-35(28-21-18-15-12-9-6-2,29-22-19-16-13-10-7-3)34-36(32,33)31-25-23-30(4)24-26-31/h23-26H,5-22,27-29H2,1-4H3/q+1. The van der Waals surface area contributed by atoms with Gasteiger partial charge in [-0.05, 0) is 57.6 Å². The van der Waals surface area contributed by atoms with E-state index in [1.54, 1.807) is 12.1 Å². The summed E-state index contributed by atoms with van der Waals surface area (Å²) >= 11 is 0. The van der Waals surface area contributed by atoms with Crippen LogP contribution in [0.3, 0.4) is 0 Å². The van der Waals surface area contributed by atoms with E-state index in [1.165, 1.54) is 96.3 Å². The maximum absolute atomic E-state index is 13.5. The molecule has 0 atom stereocenters. The molecule has 0 bridgehead atoms. The number of aryl methyl sites for hydroxylation is 1. The molecule has 1 aromatic carbocycles. The number of rotatable bonds is 24. The summed E-state index contributed by atoms with van der Waals surface area (Å²) in [4.78, 5) is 0.325. The van der Waals surface area contributed by atoms with Crippen LogP contribution in [0.15, 0.2) is 29.2 Å². The Morgan fingerprint density at radius 1 is 0.556 bits per heavy atom. The van der Waals surface area contributed by atoms with Crippen molar-refractivity contribution in [2.24, 2.45) is 0 Å². The fourth-order valence-electron chi connectivity index (χ4n) is 4.94. The van der Waals surface area contributed by atoms with Gasteiger partial charge in [-0.1, -0.05) is 116 Å². The molecule has 0 amide bonds. The Kier molecular flexibility index (Phi) is 19.1. The van der Waals surface area contributed by atoms with Crippen LogP contribution in [0.5, 0.6) is 0 Å². The van der Waals surface area contributed by atoms with Crippen LogP contribution in [0.4, 0.5) is 0 Å². The highest BCUT2D eigenvalue weighted by atomic mass is 32.2. The third-order valence-electron chi connectivity index (χ3n) is 7.32. The fraction of sp³-hybridized carbons (Fsp3) is 0.806. The van der Waals surface area contributed by atoms with Crippen molar-refractivity contribution in [2.75, 3.05) is 18.5 Å². The van der Waals surface area contributed by atoms with Crippen LogP contribution >= 0.6 is 7.49 Å². The molecule has 0 aromatic heterocycles. The highest BCUT2D eigenvalue weighted by Crippen LogP contribution is 2.63. The van der Waals surface area contributed by atoms with E-state index in [1.807, 2.05) is 19.1 Å². The van der Waals surface area contributed by atoms with Crippen molar-refractivity contribution in [1.82, 2.24) is 0 Å². The summed E-state index contributed by atoms with van der Waals surface area (Å²) in [5.41, 5.74) is 1.07. The summed E-state index contributed by atoms with van der Waals surface area (Å²) in [6.07, 6.45) is 25.1. The van der Waals surface area contributed by atoms with Crippen molar-refractivity contribution in [2.45, 2.75) is 148 Å². The minimum atomic E-state index is -3.74. The van der Waals surface area contributed by atoms with E-state index in [2.05, 4.69) is 20.8 Å². The fourth-order valence-corrected chi connectivity index (χ4v) is 11.4. The molecule has 0 aliphatic carbocycles. The molecule has 5 heteroatoms. The van der Waals surface area contributed by atoms with Gasteiger partial charge in [0.25, 0.3) is 0 Å². The third-order valence-corrected chi connectivity index (χ3v) is 13.6. The lowest BCUT2D eigenvalue weighted by atomic mass is 10.1. The Bertz CT molecular complexity index is 705. The van der Waals surface area contributed by atoms with Gasteiger partial charge in [-0.25, -0.2) is 0 Å². The van der Waals surface area contributed by atoms with Crippen LogP contribution in [0.1, 0.15) is 142 Å². The van der Waals surface area contributed by atoms with Gasteiger partial charge in [0, 0.05) is 0 Å². The molecule has 36 heavy (non-hydrogen) atoms. The molecular weight excluding hydrogens is 483 g/mol. The van der Waals surface area contributed by atoms with Crippen molar-refractivity contribution in [3.8, 4) is 0 Å². The molecule has 0 heterocycles. The van der Waals surface area contributed by atoms with Crippen LogP contribution in [-0.4, -0.2) is 26.9 Å². The smallest absolute Gasteiger partial charge is 0.191 e. The summed E-state index contributed by atoms with van der Waals surface area (Å²) in [6.45, 7) is 8.74. The molecule has 0 radical (unpaired) electrons. The van der Waals surface area contributed by atoms with Gasteiger partial charge in [-0.2, -0.15) is 8.42 Å². The molecule has 0 fully saturated rings. The van der Waals surface area contributed by atoms with Gasteiger partial charge < -0.3 is 0 Å². The second-order valence-electron chi connectivity index (χ2n) is 10.9. The van der Waals surface area contributed by atoms with Gasteiger partial charge in [0.2, 0.25) is 0 Å². The molecular formula is C31H58O3PS+. The van der Waals surface area contributed by atoms with Crippen LogP contribution in [0.25, 0.3) is 0 Å². The van der Waals surface area contributed by atoms with E-state index in [9.17, 15) is 8.42 Å². The monoisotopic (exact) mass is 541 g/mol. The predicted octanol–water partition coefficient (Wildman–Crippen LogP) is 10.7. The first-order chi connectivity index (χ1) is 17.4. The zero-order valence-corrected chi connectivity index (χ0v) is 25.9. The Morgan fingerprint density at radius 3 is 1.25 bits per heavy atom. The summed E-state index contributed by atoms with van der Waals surface area (Å²) in [5.74, 6) is 0. The largest absolute Gasteiger partial charge is 0.328 e. The maximum atomic E-state index is 13.5. The molecule has 3 nitrogen and oxygen atoms in total. The van der Waals surface area contributed by atoms with Gasteiger partial charge in [0.15, 0.2) is 7.49 Å². The minimum Gasteiger partial charge on any atom is -0.191 e. The van der Waals surface area contributed by atoms with E-state index >= 15 is 0 Å². The molecule has 1 aromatic rings. The second kappa shape index (κ2) is 20.5. The third kappa shape index (κ3) is 15.1. The summed E-state index contributed by atoms with van der Waals surface area (Å²) in [6, 6.07) is 7.20. The number of unbranched alkanes of at least 4 members (excludes halogenated alkanes) is 15. The molecule has 1 rings (SSSR count). The van der Waals surface area contributed by atoms with Crippen molar-refractivity contribution >= 4 is 17.6 Å². The molecule has 0 aliphatic heterocycles. The van der Waals surface area contributed by atoms with Gasteiger partial charge >= 0.3 is 10.1 Å². The second-order valence-corrected chi connectivity index (χ2v) is 16.3. The molecule has 0 saturated carbocycles. The quantitative estimate of drug-likeness (QED) is 0.0965. The van der Waals surface area contributed by atoms with Crippen LogP contribution in [-0.2, 0) is 14.1 Å². The van der Waals surface area contributed by atoms with Gasteiger partial charge in [0.05, 0.1) is 23.4 Å². The number of hydrogen-bond donors (Lipinski definition) is 0. The van der Waals surface area contributed by atoms with Gasteiger partial charge in [-0.15, -0.1) is 3.97 Å². The summed E-state index contributed by atoms with van der Waals surface area (Å²) < 4.78 is 33.4. The normalized spacial score (nSPS) is 12.3. The molecule has 0 unspecified atom stereocenters. The van der Waals surface area contributed by atoms with Gasteiger partial charge in [0.1, 0.15) is 0 Å². The summed E-state index contributed by atoms with van der Waals surface area (Å²) in [7, 11) is -5.79. The highest BCUT2D eigenvalue weighted by Gasteiger charge is 2.44. The maximum Gasteiger partial charge on any atom is 0.328 e. The highest BCUT2D eigenvalue weighted by molar-refractivity contribution is 7.94. The average Bonchev–Trinajstić information content (AvgIpc) is 2.85. The molecule has 0 N–H and O–H groups in total. The topological polar surface area (TPSA) is 43.4 Å². The zero-order valence-electron chi connectivity index (χ0n) is 24.2. The SMILES string of the molecule is CCCCCCCC[P+](CCCCCCCC)(CCCCCCCC)OS(=O)(=O)c1ccc(C)cc1. The number of hydrogen-bond acceptors (Lipinski definition) is 3. The zero-order chi connectivity index (χ0) is 26.5. The van der Waals surface area contributed by atoms with Crippen molar-refractivity contribution in [1.29, 1.82) is 0 Å². The lowest BCUT2D eigenvalue weighted by Gasteiger charge is -2.26. The first-order valence-electron chi connectivity index (χ1n) is 15.3. The van der Waals surface area contributed by atoms with Crippen LogP contribution in [0.2, 0.25) is 0 Å². The molecule has 0 saturated heterocycles. The van der Waals surface area contributed by atoms with Gasteiger partial charge in [-0.3, -0.25) is 0 Å². The van der Waals surface area contributed by atoms with Crippen LogP contribution < -0.4 is 0 Å². The predicted molar refractivity (Wildman–Crippen MR) is 161 cm³/mol. The lowest BCUT2D eigenvalue weighted by molar-refractivity contribution is 0.494. The van der Waals surface area contributed by atoms with Crippen LogP contribution in [0, 0.1) is 6.92 Å². The molecule has 0 aliphatic rings. The Morgan fingerprint density at radius 2 is 0.889 bits per heavy atom. The van der Waals surface area contributed by atoms with E-state index in [-0.39, 0.29) is 0 Å². The van der Waals surface area contributed by atoms with E-state index in [0.29, 0.717) is 4.90 Å². The Balaban J connectivity index is 2.96.